The van der Waals surface area contributed by atoms with Gasteiger partial charge in [-0.05, 0) is 30.3 Å². The lowest BCUT2D eigenvalue weighted by Crippen LogP contribution is -1.99. The zero-order valence-corrected chi connectivity index (χ0v) is 8.24. The highest BCUT2D eigenvalue weighted by molar-refractivity contribution is 5.67. The molecule has 1 aromatic carbocycles. The molecule has 0 spiro atoms. The number of anilines is 2. The lowest BCUT2D eigenvalue weighted by Gasteiger charge is -2.05. The normalized spacial score (nSPS) is 10.4. The van der Waals surface area contributed by atoms with Crippen LogP contribution in [0.4, 0.5) is 20.3 Å². The maximum absolute atomic E-state index is 13.4. The third-order valence-corrected chi connectivity index (χ3v) is 2.16. The van der Waals surface area contributed by atoms with E-state index in [9.17, 15) is 8.78 Å². The second-order valence-electron chi connectivity index (χ2n) is 3.30. The van der Waals surface area contributed by atoms with E-state index >= 15 is 0 Å². The van der Waals surface area contributed by atoms with Gasteiger partial charge in [0, 0.05) is 5.56 Å². The number of nitrogens with zero attached hydrogens (tertiary/aromatic N) is 1. The van der Waals surface area contributed by atoms with Crippen LogP contribution in [0, 0.1) is 11.6 Å². The average molecular weight is 221 g/mol. The lowest BCUT2D eigenvalue weighted by atomic mass is 10.1. The molecular formula is C11H9F2N3. The molecule has 2 aromatic rings. The van der Waals surface area contributed by atoms with Crippen molar-refractivity contribution in [3.8, 4) is 11.3 Å². The highest BCUT2D eigenvalue weighted by atomic mass is 19.1. The van der Waals surface area contributed by atoms with Crippen LogP contribution in [0.3, 0.4) is 0 Å². The highest BCUT2D eigenvalue weighted by Gasteiger charge is 2.09. The molecule has 1 aromatic heterocycles. The SMILES string of the molecule is Nc1ccc(-c2cc(F)ccc2F)nc1N. The van der Waals surface area contributed by atoms with Crippen LogP contribution < -0.4 is 11.5 Å². The summed E-state index contributed by atoms with van der Waals surface area (Å²) in [6.45, 7) is 0. The fraction of sp³-hybridized carbons (Fsp3) is 0. The molecule has 0 aliphatic carbocycles. The molecule has 2 rings (SSSR count). The first-order valence-corrected chi connectivity index (χ1v) is 4.55. The summed E-state index contributed by atoms with van der Waals surface area (Å²) in [6.07, 6.45) is 0. The van der Waals surface area contributed by atoms with Gasteiger partial charge < -0.3 is 11.5 Å². The van der Waals surface area contributed by atoms with Crippen LogP contribution in [0.15, 0.2) is 30.3 Å². The molecule has 0 radical (unpaired) electrons. The highest BCUT2D eigenvalue weighted by Crippen LogP contribution is 2.24. The molecule has 0 bridgehead atoms. The van der Waals surface area contributed by atoms with E-state index < -0.39 is 11.6 Å². The molecule has 0 saturated carbocycles. The van der Waals surface area contributed by atoms with Gasteiger partial charge >= 0.3 is 0 Å². The zero-order chi connectivity index (χ0) is 11.7. The molecule has 5 heteroatoms. The van der Waals surface area contributed by atoms with Crippen molar-refractivity contribution in [1.82, 2.24) is 4.98 Å². The van der Waals surface area contributed by atoms with Gasteiger partial charge in [0.25, 0.3) is 0 Å². The maximum Gasteiger partial charge on any atom is 0.147 e. The topological polar surface area (TPSA) is 64.9 Å². The largest absolute Gasteiger partial charge is 0.396 e. The van der Waals surface area contributed by atoms with Crippen molar-refractivity contribution >= 4 is 11.5 Å². The summed E-state index contributed by atoms with van der Waals surface area (Å²) < 4.78 is 26.4. The molecular weight excluding hydrogens is 212 g/mol. The Bertz CT molecular complexity index is 541. The number of benzene rings is 1. The third-order valence-electron chi connectivity index (χ3n) is 2.16. The third kappa shape index (κ3) is 1.79. The van der Waals surface area contributed by atoms with E-state index in [-0.39, 0.29) is 17.1 Å². The van der Waals surface area contributed by atoms with Gasteiger partial charge in [-0.15, -0.1) is 0 Å². The molecule has 0 amide bonds. The van der Waals surface area contributed by atoms with Crippen LogP contribution in [0.1, 0.15) is 0 Å². The first kappa shape index (κ1) is 10.4. The van der Waals surface area contributed by atoms with Crippen LogP contribution in [-0.4, -0.2) is 4.98 Å². The molecule has 0 atom stereocenters. The van der Waals surface area contributed by atoms with E-state index in [0.717, 1.165) is 18.2 Å². The predicted octanol–water partition coefficient (Wildman–Crippen LogP) is 2.19. The Morgan fingerprint density at radius 1 is 1.00 bits per heavy atom. The summed E-state index contributed by atoms with van der Waals surface area (Å²) in [5.41, 5.74) is 11.6. The Balaban J connectivity index is 2.58. The molecule has 0 aliphatic heterocycles. The lowest BCUT2D eigenvalue weighted by molar-refractivity contribution is 0.602. The fourth-order valence-corrected chi connectivity index (χ4v) is 1.33. The van der Waals surface area contributed by atoms with Crippen molar-refractivity contribution in [2.24, 2.45) is 0 Å². The van der Waals surface area contributed by atoms with Crippen molar-refractivity contribution in [1.29, 1.82) is 0 Å². The van der Waals surface area contributed by atoms with E-state index in [1.807, 2.05) is 0 Å². The molecule has 0 unspecified atom stereocenters. The smallest absolute Gasteiger partial charge is 0.147 e. The van der Waals surface area contributed by atoms with Gasteiger partial charge in [-0.1, -0.05) is 0 Å². The maximum atomic E-state index is 13.4. The standard InChI is InChI=1S/C11H9F2N3/c12-6-1-2-8(13)7(5-6)10-4-3-9(14)11(15)16-10/h1-5H,14H2,(H2,15,16). The Morgan fingerprint density at radius 3 is 2.44 bits per heavy atom. The Labute approximate surface area is 90.7 Å². The number of pyridine rings is 1. The average Bonchev–Trinajstić information content (AvgIpc) is 2.26. The quantitative estimate of drug-likeness (QED) is 0.775. The van der Waals surface area contributed by atoms with Crippen molar-refractivity contribution in [3.63, 3.8) is 0 Å². The summed E-state index contributed by atoms with van der Waals surface area (Å²) >= 11 is 0. The molecule has 0 aliphatic rings. The summed E-state index contributed by atoms with van der Waals surface area (Å²) in [4.78, 5) is 3.89. The summed E-state index contributed by atoms with van der Waals surface area (Å²) in [7, 11) is 0. The molecule has 0 fully saturated rings. The van der Waals surface area contributed by atoms with Crippen molar-refractivity contribution < 1.29 is 8.78 Å². The Kier molecular flexibility index (Phi) is 2.44. The van der Waals surface area contributed by atoms with Gasteiger partial charge in [0.05, 0.1) is 11.4 Å². The van der Waals surface area contributed by atoms with Crippen LogP contribution in [0.2, 0.25) is 0 Å². The monoisotopic (exact) mass is 221 g/mol. The minimum Gasteiger partial charge on any atom is -0.396 e. The van der Waals surface area contributed by atoms with Crippen molar-refractivity contribution in [2.45, 2.75) is 0 Å². The molecule has 3 nitrogen and oxygen atoms in total. The van der Waals surface area contributed by atoms with E-state index in [1.165, 1.54) is 12.1 Å². The first-order chi connectivity index (χ1) is 7.58. The fourth-order valence-electron chi connectivity index (χ4n) is 1.33. The summed E-state index contributed by atoms with van der Waals surface area (Å²) in [6, 6.07) is 6.14. The second kappa shape index (κ2) is 3.77. The van der Waals surface area contributed by atoms with E-state index in [2.05, 4.69) is 4.98 Å². The van der Waals surface area contributed by atoms with Gasteiger partial charge in [-0.3, -0.25) is 0 Å². The molecule has 0 saturated heterocycles. The number of hydrogen-bond acceptors (Lipinski definition) is 3. The Morgan fingerprint density at radius 2 is 1.75 bits per heavy atom. The van der Waals surface area contributed by atoms with E-state index in [4.69, 9.17) is 11.5 Å². The van der Waals surface area contributed by atoms with Crippen LogP contribution >= 0.6 is 0 Å². The van der Waals surface area contributed by atoms with Crippen LogP contribution in [0.25, 0.3) is 11.3 Å². The minimum absolute atomic E-state index is 0.0618. The molecule has 1 heterocycles. The predicted molar refractivity (Wildman–Crippen MR) is 58.4 cm³/mol. The van der Waals surface area contributed by atoms with Crippen LogP contribution in [0.5, 0.6) is 0 Å². The van der Waals surface area contributed by atoms with Crippen LogP contribution in [-0.2, 0) is 0 Å². The number of nitrogens with two attached hydrogens (primary N) is 2. The minimum atomic E-state index is -0.557. The number of hydrogen-bond donors (Lipinski definition) is 2. The van der Waals surface area contributed by atoms with Gasteiger partial charge in [0.15, 0.2) is 0 Å². The van der Waals surface area contributed by atoms with E-state index in [1.54, 1.807) is 0 Å². The zero-order valence-electron chi connectivity index (χ0n) is 8.24. The molecule has 16 heavy (non-hydrogen) atoms. The number of rotatable bonds is 1. The molecule has 82 valence electrons. The van der Waals surface area contributed by atoms with Gasteiger partial charge in [-0.25, -0.2) is 13.8 Å². The first-order valence-electron chi connectivity index (χ1n) is 4.55. The second-order valence-corrected chi connectivity index (χ2v) is 3.30. The van der Waals surface area contributed by atoms with Crippen molar-refractivity contribution in [3.05, 3.63) is 42.0 Å². The number of nitrogen functional groups attached to an aromatic ring is 2. The van der Waals surface area contributed by atoms with Gasteiger partial charge in [0.2, 0.25) is 0 Å². The number of aromatic nitrogens is 1. The summed E-state index contributed by atoms with van der Waals surface area (Å²) in [5, 5.41) is 0. The van der Waals surface area contributed by atoms with Crippen molar-refractivity contribution in [2.75, 3.05) is 11.5 Å². The number of halogens is 2. The van der Waals surface area contributed by atoms with Gasteiger partial charge in [0.1, 0.15) is 17.5 Å². The van der Waals surface area contributed by atoms with Gasteiger partial charge in [-0.2, -0.15) is 0 Å². The molecule has 4 N–H and O–H groups in total. The van der Waals surface area contributed by atoms with E-state index in [0.29, 0.717) is 5.69 Å². The Hall–Kier alpha value is -2.17. The summed E-state index contributed by atoms with van der Waals surface area (Å²) in [5.74, 6) is -0.993.